The number of hydrogen-bond acceptors (Lipinski definition) is 3. The molecule has 1 aliphatic heterocycles. The van der Waals surface area contributed by atoms with Crippen LogP contribution in [0.3, 0.4) is 0 Å². The molecule has 1 atom stereocenters. The summed E-state index contributed by atoms with van der Waals surface area (Å²) < 4.78 is 5.22. The number of ether oxygens (including phenoxy) is 1. The van der Waals surface area contributed by atoms with E-state index in [1.807, 2.05) is 13.0 Å². The molecule has 3 heteroatoms. The molecular weight excluding hydrogens is 134 g/mol. The molecule has 0 saturated heterocycles. The Hall–Kier alpha value is -0.440. The summed E-state index contributed by atoms with van der Waals surface area (Å²) >= 11 is 3.91. The fourth-order valence-corrected chi connectivity index (χ4v) is 0.900. The van der Waals surface area contributed by atoms with Gasteiger partial charge in [0.05, 0.1) is 6.54 Å². The summed E-state index contributed by atoms with van der Waals surface area (Å²) in [6.45, 7) is 2.59. The Morgan fingerprint density at radius 1 is 1.89 bits per heavy atom. The summed E-state index contributed by atoms with van der Waals surface area (Å²) in [6.07, 6.45) is 2.01. The highest BCUT2D eigenvalue weighted by Gasteiger charge is 2.11. The van der Waals surface area contributed by atoms with Crippen molar-refractivity contribution in [3.05, 3.63) is 11.5 Å². The fraction of sp³-hybridized carbons (Fsp3) is 0.500. The Morgan fingerprint density at radius 2 is 2.67 bits per heavy atom. The first-order valence-electron chi connectivity index (χ1n) is 2.81. The SMILES string of the molecule is CC1=NCC(/C=C/S)O1. The first-order chi connectivity index (χ1) is 4.33. The molecule has 1 aliphatic rings. The Labute approximate surface area is 60.0 Å². The van der Waals surface area contributed by atoms with Gasteiger partial charge in [-0.1, -0.05) is 0 Å². The molecule has 0 aliphatic carbocycles. The van der Waals surface area contributed by atoms with Crippen molar-refractivity contribution in [1.82, 2.24) is 0 Å². The highest BCUT2D eigenvalue weighted by atomic mass is 32.1. The van der Waals surface area contributed by atoms with Crippen molar-refractivity contribution >= 4 is 18.5 Å². The van der Waals surface area contributed by atoms with Gasteiger partial charge in [0.2, 0.25) is 0 Å². The Bertz CT molecular complexity index is 153. The van der Waals surface area contributed by atoms with E-state index in [2.05, 4.69) is 17.6 Å². The Kier molecular flexibility index (Phi) is 2.16. The molecule has 50 valence electrons. The molecule has 0 aromatic carbocycles. The minimum absolute atomic E-state index is 0.127. The average molecular weight is 143 g/mol. The van der Waals surface area contributed by atoms with Gasteiger partial charge in [-0.3, -0.25) is 4.99 Å². The van der Waals surface area contributed by atoms with Crippen molar-refractivity contribution in [2.24, 2.45) is 4.99 Å². The van der Waals surface area contributed by atoms with Crippen LogP contribution in [-0.4, -0.2) is 18.5 Å². The van der Waals surface area contributed by atoms with Crippen LogP contribution in [0.5, 0.6) is 0 Å². The number of nitrogens with zero attached hydrogens (tertiary/aromatic N) is 1. The van der Waals surface area contributed by atoms with Crippen LogP contribution in [-0.2, 0) is 4.74 Å². The van der Waals surface area contributed by atoms with Crippen LogP contribution in [0.2, 0.25) is 0 Å². The second kappa shape index (κ2) is 2.92. The van der Waals surface area contributed by atoms with Crippen molar-refractivity contribution in [2.75, 3.05) is 6.54 Å². The lowest BCUT2D eigenvalue weighted by Crippen LogP contribution is -2.07. The first kappa shape index (κ1) is 6.68. The number of hydrogen-bond donors (Lipinski definition) is 1. The van der Waals surface area contributed by atoms with Crippen molar-refractivity contribution in [1.29, 1.82) is 0 Å². The zero-order chi connectivity index (χ0) is 6.69. The highest BCUT2D eigenvalue weighted by Crippen LogP contribution is 2.05. The Balaban J connectivity index is 2.37. The lowest BCUT2D eigenvalue weighted by atomic mass is 10.4. The zero-order valence-corrected chi connectivity index (χ0v) is 6.14. The summed E-state index contributed by atoms with van der Waals surface area (Å²) in [5.74, 6) is 0.770. The molecule has 2 nitrogen and oxygen atoms in total. The van der Waals surface area contributed by atoms with Crippen molar-refractivity contribution in [2.45, 2.75) is 13.0 Å². The molecule has 0 bridgehead atoms. The quantitative estimate of drug-likeness (QED) is 0.548. The molecule has 0 spiro atoms. The molecule has 0 aromatic rings. The van der Waals surface area contributed by atoms with Crippen LogP contribution in [0.4, 0.5) is 0 Å². The van der Waals surface area contributed by atoms with Gasteiger partial charge in [0.25, 0.3) is 0 Å². The summed E-state index contributed by atoms with van der Waals surface area (Å²) in [7, 11) is 0. The number of thiol groups is 1. The summed E-state index contributed by atoms with van der Waals surface area (Å²) in [4.78, 5) is 4.05. The van der Waals surface area contributed by atoms with Gasteiger partial charge in [-0.15, -0.1) is 0 Å². The summed E-state index contributed by atoms with van der Waals surface area (Å²) in [5.41, 5.74) is 0. The van der Waals surface area contributed by atoms with Gasteiger partial charge in [0.1, 0.15) is 6.10 Å². The summed E-state index contributed by atoms with van der Waals surface area (Å²) in [6, 6.07) is 0. The normalized spacial score (nSPS) is 26.4. The first-order valence-corrected chi connectivity index (χ1v) is 3.33. The van der Waals surface area contributed by atoms with Crippen molar-refractivity contribution in [3.8, 4) is 0 Å². The third-order valence-electron chi connectivity index (χ3n) is 1.12. The van der Waals surface area contributed by atoms with Crippen molar-refractivity contribution < 1.29 is 4.74 Å². The van der Waals surface area contributed by atoms with Gasteiger partial charge in [-0.25, -0.2) is 0 Å². The molecule has 0 amide bonds. The van der Waals surface area contributed by atoms with Gasteiger partial charge in [-0.05, 0) is 11.5 Å². The molecular formula is C6H9NOS. The topological polar surface area (TPSA) is 21.6 Å². The van der Waals surface area contributed by atoms with E-state index < -0.39 is 0 Å². The van der Waals surface area contributed by atoms with E-state index in [1.165, 1.54) is 0 Å². The van der Waals surface area contributed by atoms with Gasteiger partial charge >= 0.3 is 0 Å². The van der Waals surface area contributed by atoms with E-state index in [1.54, 1.807) is 5.41 Å². The monoisotopic (exact) mass is 143 g/mol. The third kappa shape index (κ3) is 1.75. The second-order valence-electron chi connectivity index (χ2n) is 1.86. The summed E-state index contributed by atoms with van der Waals surface area (Å²) in [5, 5.41) is 1.68. The van der Waals surface area contributed by atoms with Crippen LogP contribution in [0.15, 0.2) is 16.5 Å². The maximum absolute atomic E-state index is 5.22. The number of aliphatic imine (C=N–C) groups is 1. The van der Waals surface area contributed by atoms with Gasteiger partial charge < -0.3 is 4.74 Å². The molecule has 9 heavy (non-hydrogen) atoms. The van der Waals surface area contributed by atoms with Crippen LogP contribution in [0.1, 0.15) is 6.92 Å². The lowest BCUT2D eigenvalue weighted by molar-refractivity contribution is 0.272. The van der Waals surface area contributed by atoms with Gasteiger partial charge in [0.15, 0.2) is 5.90 Å². The van der Waals surface area contributed by atoms with E-state index in [4.69, 9.17) is 4.74 Å². The van der Waals surface area contributed by atoms with Gasteiger partial charge in [0, 0.05) is 6.92 Å². The highest BCUT2D eigenvalue weighted by molar-refractivity contribution is 7.83. The molecule has 0 saturated carbocycles. The Morgan fingerprint density at radius 3 is 3.11 bits per heavy atom. The molecule has 0 N–H and O–H groups in total. The second-order valence-corrected chi connectivity index (χ2v) is 2.16. The molecule has 1 unspecified atom stereocenters. The molecule has 1 heterocycles. The molecule has 1 rings (SSSR count). The van der Waals surface area contributed by atoms with Crippen LogP contribution >= 0.6 is 12.6 Å². The fourth-order valence-electron chi connectivity index (χ4n) is 0.708. The zero-order valence-electron chi connectivity index (χ0n) is 5.24. The average Bonchev–Trinajstić information content (AvgIpc) is 2.17. The van der Waals surface area contributed by atoms with Crippen LogP contribution in [0.25, 0.3) is 0 Å². The predicted octanol–water partition coefficient (Wildman–Crippen LogP) is 1.25. The van der Waals surface area contributed by atoms with Crippen LogP contribution < -0.4 is 0 Å². The van der Waals surface area contributed by atoms with E-state index in [0.29, 0.717) is 0 Å². The molecule has 0 aromatic heterocycles. The standard InChI is InChI=1S/C6H9NOS/c1-5-7-4-6(8-5)2-3-9/h2-3,6,9H,4H2,1H3/b3-2+. The molecule has 0 radical (unpaired) electrons. The van der Waals surface area contributed by atoms with Gasteiger partial charge in [-0.2, -0.15) is 12.6 Å². The molecule has 0 fully saturated rings. The predicted molar refractivity (Wildman–Crippen MR) is 41.0 cm³/mol. The van der Waals surface area contributed by atoms with E-state index in [9.17, 15) is 0 Å². The van der Waals surface area contributed by atoms with E-state index >= 15 is 0 Å². The largest absolute Gasteiger partial charge is 0.472 e. The van der Waals surface area contributed by atoms with E-state index in [-0.39, 0.29) is 6.10 Å². The minimum atomic E-state index is 0.127. The number of rotatable bonds is 1. The lowest BCUT2D eigenvalue weighted by Gasteiger charge is -2.01. The third-order valence-corrected chi connectivity index (χ3v) is 1.29. The maximum atomic E-state index is 5.22. The van der Waals surface area contributed by atoms with Crippen molar-refractivity contribution in [3.63, 3.8) is 0 Å². The van der Waals surface area contributed by atoms with E-state index in [0.717, 1.165) is 12.4 Å². The van der Waals surface area contributed by atoms with Crippen LogP contribution in [0, 0.1) is 0 Å². The maximum Gasteiger partial charge on any atom is 0.180 e. The smallest absolute Gasteiger partial charge is 0.180 e. The minimum Gasteiger partial charge on any atom is -0.472 e.